The molecule has 0 saturated carbocycles. The molecule has 0 heterocycles. The number of amides is 3. The molecule has 0 aliphatic rings. The molecule has 0 aliphatic carbocycles. The van der Waals surface area contributed by atoms with Crippen LogP contribution in [-0.4, -0.2) is 40.5 Å². The molecular weight excluding hydrogens is 478 g/mol. The van der Waals surface area contributed by atoms with E-state index in [0.717, 1.165) is 17.5 Å². The summed E-state index contributed by atoms with van der Waals surface area (Å²) in [6.07, 6.45) is 0.145. The summed E-state index contributed by atoms with van der Waals surface area (Å²) < 4.78 is 5.31. The molecule has 7 nitrogen and oxygen atoms in total. The number of alkyl carbamates (subject to hydrolysis) is 1. The largest absolute Gasteiger partial charge is 0.444 e. The van der Waals surface area contributed by atoms with E-state index in [4.69, 9.17) is 16.3 Å². The SMILES string of the molecule is CCc1ccc(C(C(=O)Nc2c(C)cccc2Cl)N(C(=O)C(C)NC(=O)OC(C)(C)C)C(C)C)cc1. The first-order valence-electron chi connectivity index (χ1n) is 12.2. The lowest BCUT2D eigenvalue weighted by Crippen LogP contribution is -2.53. The van der Waals surface area contributed by atoms with Crippen LogP contribution in [0.25, 0.3) is 0 Å². The summed E-state index contributed by atoms with van der Waals surface area (Å²) >= 11 is 6.37. The number of hydrogen-bond donors (Lipinski definition) is 2. The minimum absolute atomic E-state index is 0.352. The van der Waals surface area contributed by atoms with Crippen molar-refractivity contribution in [3.8, 4) is 0 Å². The highest BCUT2D eigenvalue weighted by atomic mass is 35.5. The van der Waals surface area contributed by atoms with Gasteiger partial charge in [-0.1, -0.05) is 54.9 Å². The van der Waals surface area contributed by atoms with Gasteiger partial charge in [0.25, 0.3) is 5.91 Å². The number of para-hydroxylation sites is 1. The van der Waals surface area contributed by atoms with Gasteiger partial charge in [0.1, 0.15) is 17.7 Å². The van der Waals surface area contributed by atoms with Crippen LogP contribution in [0.4, 0.5) is 10.5 Å². The Balaban J connectivity index is 2.46. The highest BCUT2D eigenvalue weighted by Crippen LogP contribution is 2.30. The van der Waals surface area contributed by atoms with Crippen LogP contribution < -0.4 is 10.6 Å². The fourth-order valence-electron chi connectivity index (χ4n) is 3.81. The van der Waals surface area contributed by atoms with Gasteiger partial charge in [-0.05, 0) is 77.6 Å². The second-order valence-electron chi connectivity index (χ2n) is 10.1. The molecule has 0 aliphatic heterocycles. The van der Waals surface area contributed by atoms with Gasteiger partial charge in [-0.25, -0.2) is 4.79 Å². The van der Waals surface area contributed by atoms with Gasteiger partial charge < -0.3 is 20.3 Å². The maximum absolute atomic E-state index is 13.8. The first-order chi connectivity index (χ1) is 16.7. The molecule has 36 heavy (non-hydrogen) atoms. The molecule has 0 saturated heterocycles. The number of ether oxygens (including phenoxy) is 1. The van der Waals surface area contributed by atoms with Crippen LogP contribution in [0, 0.1) is 6.92 Å². The molecule has 2 atom stereocenters. The number of nitrogens with zero attached hydrogens (tertiary/aromatic N) is 1. The third-order valence-electron chi connectivity index (χ3n) is 5.61. The molecule has 2 N–H and O–H groups in total. The normalized spacial score (nSPS) is 13.1. The summed E-state index contributed by atoms with van der Waals surface area (Å²) in [5.41, 5.74) is 2.36. The van der Waals surface area contributed by atoms with Gasteiger partial charge in [0.15, 0.2) is 0 Å². The summed E-state index contributed by atoms with van der Waals surface area (Å²) in [4.78, 5) is 41.3. The monoisotopic (exact) mass is 515 g/mol. The zero-order chi connectivity index (χ0) is 27.2. The van der Waals surface area contributed by atoms with Crippen molar-refractivity contribution in [2.24, 2.45) is 0 Å². The lowest BCUT2D eigenvalue weighted by molar-refractivity contribution is -0.142. The van der Waals surface area contributed by atoms with E-state index in [1.54, 1.807) is 33.8 Å². The van der Waals surface area contributed by atoms with Crippen LogP contribution in [0.2, 0.25) is 5.02 Å². The van der Waals surface area contributed by atoms with E-state index in [-0.39, 0.29) is 6.04 Å². The van der Waals surface area contributed by atoms with Gasteiger partial charge in [-0.2, -0.15) is 0 Å². The minimum Gasteiger partial charge on any atom is -0.444 e. The topological polar surface area (TPSA) is 87.7 Å². The number of carbonyl (C=O) groups is 3. The van der Waals surface area contributed by atoms with Crippen LogP contribution >= 0.6 is 11.6 Å². The van der Waals surface area contributed by atoms with Gasteiger partial charge in [-0.3, -0.25) is 9.59 Å². The van der Waals surface area contributed by atoms with Crippen LogP contribution in [0.5, 0.6) is 0 Å². The lowest BCUT2D eigenvalue weighted by Gasteiger charge is -2.36. The van der Waals surface area contributed by atoms with E-state index >= 15 is 0 Å². The Morgan fingerprint density at radius 1 is 1.03 bits per heavy atom. The van der Waals surface area contributed by atoms with Gasteiger partial charge in [0.05, 0.1) is 10.7 Å². The maximum atomic E-state index is 13.8. The number of anilines is 1. The third-order valence-corrected chi connectivity index (χ3v) is 5.93. The molecule has 0 bridgehead atoms. The molecule has 0 radical (unpaired) electrons. The number of rotatable bonds is 8. The van der Waals surface area contributed by atoms with Crippen LogP contribution in [0.3, 0.4) is 0 Å². The Bertz CT molecular complexity index is 1060. The Labute approximate surface area is 219 Å². The predicted octanol–water partition coefficient (Wildman–Crippen LogP) is 6.04. The Morgan fingerprint density at radius 3 is 2.14 bits per heavy atom. The van der Waals surface area contributed by atoms with Gasteiger partial charge >= 0.3 is 6.09 Å². The van der Waals surface area contributed by atoms with E-state index in [9.17, 15) is 14.4 Å². The standard InChI is InChI=1S/C28H38ClN3O4/c1-9-20-13-15-21(16-14-20)24(25(33)31-23-18(4)11-10-12-22(23)29)32(17(2)3)26(34)19(5)30-27(35)36-28(6,7)8/h10-17,19,24H,9H2,1-8H3,(H,30,35)(H,31,33). The van der Waals surface area contributed by atoms with Crippen molar-refractivity contribution >= 4 is 35.2 Å². The molecule has 3 amide bonds. The zero-order valence-corrected chi connectivity index (χ0v) is 23.2. The van der Waals surface area contributed by atoms with Gasteiger partial charge in [-0.15, -0.1) is 0 Å². The average Bonchev–Trinajstić information content (AvgIpc) is 2.77. The smallest absolute Gasteiger partial charge is 0.408 e. The van der Waals surface area contributed by atoms with Crippen LogP contribution in [-0.2, 0) is 20.7 Å². The van der Waals surface area contributed by atoms with Gasteiger partial charge in [0, 0.05) is 6.04 Å². The Morgan fingerprint density at radius 2 is 1.64 bits per heavy atom. The van der Waals surface area contributed by atoms with E-state index in [1.807, 2.05) is 64.1 Å². The second kappa shape index (κ2) is 12.3. The number of nitrogens with one attached hydrogen (secondary N) is 2. The van der Waals surface area contributed by atoms with E-state index in [1.165, 1.54) is 4.90 Å². The molecular formula is C28H38ClN3O4. The van der Waals surface area contributed by atoms with Crippen LogP contribution in [0.1, 0.15) is 71.2 Å². The van der Waals surface area contributed by atoms with Crippen molar-refractivity contribution in [1.82, 2.24) is 10.2 Å². The Kier molecular flexibility index (Phi) is 9.93. The number of carbonyl (C=O) groups excluding carboxylic acids is 3. The predicted molar refractivity (Wildman–Crippen MR) is 144 cm³/mol. The third kappa shape index (κ3) is 7.72. The molecule has 0 aromatic heterocycles. The molecule has 2 rings (SSSR count). The summed E-state index contributed by atoms with van der Waals surface area (Å²) in [5, 5.41) is 5.94. The van der Waals surface area contributed by atoms with Crippen molar-refractivity contribution in [1.29, 1.82) is 0 Å². The molecule has 0 spiro atoms. The number of aryl methyl sites for hydroxylation is 2. The van der Waals surface area contributed by atoms with Crippen molar-refractivity contribution in [3.05, 3.63) is 64.2 Å². The first-order valence-corrected chi connectivity index (χ1v) is 12.6. The van der Waals surface area contributed by atoms with Crippen molar-refractivity contribution in [3.63, 3.8) is 0 Å². The number of halogens is 1. The molecule has 2 unspecified atom stereocenters. The number of benzene rings is 2. The fourth-order valence-corrected chi connectivity index (χ4v) is 4.07. The van der Waals surface area contributed by atoms with Crippen molar-refractivity contribution in [2.75, 3.05) is 5.32 Å². The first kappa shape index (κ1) is 29.2. The zero-order valence-electron chi connectivity index (χ0n) is 22.4. The number of hydrogen-bond acceptors (Lipinski definition) is 4. The summed E-state index contributed by atoms with van der Waals surface area (Å²) in [7, 11) is 0. The minimum atomic E-state index is -0.957. The Hall–Kier alpha value is -3.06. The molecule has 8 heteroatoms. The van der Waals surface area contributed by atoms with E-state index in [0.29, 0.717) is 16.3 Å². The van der Waals surface area contributed by atoms with Crippen molar-refractivity contribution in [2.45, 2.75) is 85.5 Å². The van der Waals surface area contributed by atoms with E-state index < -0.39 is 35.6 Å². The molecule has 2 aromatic carbocycles. The summed E-state index contributed by atoms with van der Waals surface area (Å²) in [5.74, 6) is -0.812. The quantitative estimate of drug-likeness (QED) is 0.448. The average molecular weight is 516 g/mol. The highest BCUT2D eigenvalue weighted by Gasteiger charge is 2.36. The van der Waals surface area contributed by atoms with Crippen LogP contribution in [0.15, 0.2) is 42.5 Å². The lowest BCUT2D eigenvalue weighted by atomic mass is 9.99. The summed E-state index contributed by atoms with van der Waals surface area (Å²) in [6, 6.07) is 10.7. The second-order valence-corrected chi connectivity index (χ2v) is 10.5. The highest BCUT2D eigenvalue weighted by molar-refractivity contribution is 6.34. The summed E-state index contributed by atoms with van der Waals surface area (Å²) in [6.45, 7) is 14.4. The van der Waals surface area contributed by atoms with Gasteiger partial charge in [0.2, 0.25) is 5.91 Å². The molecule has 196 valence electrons. The molecule has 2 aromatic rings. The fraction of sp³-hybridized carbons (Fsp3) is 0.464. The van der Waals surface area contributed by atoms with Crippen molar-refractivity contribution < 1.29 is 19.1 Å². The van der Waals surface area contributed by atoms with E-state index in [2.05, 4.69) is 10.6 Å². The molecule has 0 fully saturated rings. The maximum Gasteiger partial charge on any atom is 0.408 e.